The summed E-state index contributed by atoms with van der Waals surface area (Å²) in [5, 5.41) is 0.879. The zero-order valence-corrected chi connectivity index (χ0v) is 16.2. The highest BCUT2D eigenvalue weighted by molar-refractivity contribution is 7.21. The Labute approximate surface area is 183 Å². The van der Waals surface area contributed by atoms with Gasteiger partial charge in [0.25, 0.3) is 0 Å². The van der Waals surface area contributed by atoms with Gasteiger partial charge < -0.3 is 0 Å². The Morgan fingerprint density at radius 1 is 0.759 bits per heavy atom. The molecule has 2 nitrogen and oxygen atoms in total. The van der Waals surface area contributed by atoms with E-state index in [9.17, 15) is 0 Å². The van der Waals surface area contributed by atoms with E-state index in [0.29, 0.717) is 11.3 Å². The first-order valence-electron chi connectivity index (χ1n) is 12.2. The minimum Gasteiger partial charge on any atom is -0.256 e. The first-order valence-corrected chi connectivity index (χ1v) is 10.00. The highest BCUT2D eigenvalue weighted by atomic mass is 32.1. The summed E-state index contributed by atoms with van der Waals surface area (Å²) >= 11 is 1.55. The lowest BCUT2D eigenvalue weighted by molar-refractivity contribution is 1.22. The van der Waals surface area contributed by atoms with Crippen molar-refractivity contribution in [1.82, 2.24) is 9.97 Å². The molecule has 0 radical (unpaired) electrons. The van der Waals surface area contributed by atoms with Crippen molar-refractivity contribution in [2.45, 2.75) is 13.7 Å². The van der Waals surface area contributed by atoms with Crippen LogP contribution in [0.2, 0.25) is 0 Å². The standard InChI is InChI=1S/C26H20N2S/c1-17-13-23(27-16-18(17)2)21-14-22(19-9-5-3-6-10-19)25-24(15-21)29-26(28-25)20-11-7-4-8-12-20/h3-16H,1-2H3/i1D3,2D3. The number of pyridine rings is 1. The molecular weight excluding hydrogens is 372 g/mol. The van der Waals surface area contributed by atoms with Gasteiger partial charge >= 0.3 is 0 Å². The van der Waals surface area contributed by atoms with Gasteiger partial charge in [0.05, 0.1) is 15.9 Å². The molecule has 0 spiro atoms. The number of fused-ring (bicyclic) bond motifs is 1. The van der Waals surface area contributed by atoms with Crippen molar-refractivity contribution < 1.29 is 8.22 Å². The molecule has 0 aliphatic carbocycles. The molecule has 5 aromatic rings. The fourth-order valence-corrected chi connectivity index (χ4v) is 4.37. The molecule has 0 saturated carbocycles. The Bertz CT molecular complexity index is 1510. The van der Waals surface area contributed by atoms with E-state index in [-0.39, 0.29) is 11.1 Å². The molecule has 0 bridgehead atoms. The maximum absolute atomic E-state index is 7.91. The van der Waals surface area contributed by atoms with Gasteiger partial charge in [-0.2, -0.15) is 0 Å². The van der Waals surface area contributed by atoms with Crippen LogP contribution in [0.4, 0.5) is 0 Å². The molecule has 0 amide bonds. The highest BCUT2D eigenvalue weighted by Crippen LogP contribution is 2.39. The topological polar surface area (TPSA) is 25.8 Å². The Morgan fingerprint density at radius 2 is 1.48 bits per heavy atom. The molecule has 3 heteroatoms. The number of rotatable bonds is 3. The maximum atomic E-state index is 7.91. The monoisotopic (exact) mass is 398 g/mol. The quantitative estimate of drug-likeness (QED) is 0.318. The van der Waals surface area contributed by atoms with Gasteiger partial charge in [-0.05, 0) is 48.6 Å². The number of benzene rings is 3. The van der Waals surface area contributed by atoms with Crippen LogP contribution in [0.5, 0.6) is 0 Å². The summed E-state index contributed by atoms with van der Waals surface area (Å²) in [6, 6.07) is 25.0. The summed E-state index contributed by atoms with van der Waals surface area (Å²) in [5.74, 6) is 0. The van der Waals surface area contributed by atoms with Crippen LogP contribution >= 0.6 is 11.3 Å². The van der Waals surface area contributed by atoms with E-state index in [2.05, 4.69) is 4.98 Å². The number of hydrogen-bond donors (Lipinski definition) is 0. The van der Waals surface area contributed by atoms with Crippen molar-refractivity contribution in [2.75, 3.05) is 0 Å². The van der Waals surface area contributed by atoms with Gasteiger partial charge in [0, 0.05) is 31.1 Å². The molecule has 5 rings (SSSR count). The van der Waals surface area contributed by atoms with Crippen LogP contribution in [0, 0.1) is 13.7 Å². The highest BCUT2D eigenvalue weighted by Gasteiger charge is 2.14. The van der Waals surface area contributed by atoms with Crippen LogP contribution in [-0.2, 0) is 0 Å². The molecule has 140 valence electrons. The number of aryl methyl sites for hydroxylation is 2. The molecular formula is C26H20N2S. The lowest BCUT2D eigenvalue weighted by Gasteiger charge is -2.09. The molecule has 0 saturated heterocycles. The SMILES string of the molecule is [2H]C([2H])([2H])c1cnc(-c2cc(-c3ccccc3)c3nc(-c4ccccc4)sc3c2)cc1C([2H])([2H])[2H]. The molecule has 0 unspecified atom stereocenters. The number of hydrogen-bond acceptors (Lipinski definition) is 3. The second-order valence-corrected chi connectivity index (χ2v) is 7.77. The lowest BCUT2D eigenvalue weighted by Crippen LogP contribution is -1.90. The third kappa shape index (κ3) is 3.34. The fourth-order valence-electron chi connectivity index (χ4n) is 3.33. The van der Waals surface area contributed by atoms with E-state index < -0.39 is 13.7 Å². The first kappa shape index (κ1) is 12.3. The molecule has 29 heavy (non-hydrogen) atoms. The molecule has 0 aliphatic heterocycles. The second-order valence-electron chi connectivity index (χ2n) is 6.74. The van der Waals surface area contributed by atoms with Gasteiger partial charge in [-0.3, -0.25) is 4.98 Å². The number of aromatic nitrogens is 2. The van der Waals surface area contributed by atoms with E-state index in [4.69, 9.17) is 13.2 Å². The van der Waals surface area contributed by atoms with Crippen molar-refractivity contribution in [3.8, 4) is 33.0 Å². The average Bonchev–Trinajstić information content (AvgIpc) is 3.27. The van der Waals surface area contributed by atoms with Gasteiger partial charge in [-0.25, -0.2) is 4.98 Å². The summed E-state index contributed by atoms with van der Waals surface area (Å²) in [5.41, 5.74) is 4.36. The van der Waals surface area contributed by atoms with Gasteiger partial charge in [0.1, 0.15) is 5.01 Å². The van der Waals surface area contributed by atoms with Crippen molar-refractivity contribution in [3.63, 3.8) is 0 Å². The van der Waals surface area contributed by atoms with Gasteiger partial charge in [-0.15, -0.1) is 11.3 Å². The average molecular weight is 399 g/mol. The van der Waals surface area contributed by atoms with Crippen LogP contribution in [0.15, 0.2) is 85.1 Å². The van der Waals surface area contributed by atoms with Gasteiger partial charge in [0.2, 0.25) is 0 Å². The summed E-state index contributed by atoms with van der Waals surface area (Å²) in [6.45, 7) is -5.16. The lowest BCUT2D eigenvalue weighted by atomic mass is 9.99. The van der Waals surface area contributed by atoms with Crippen molar-refractivity contribution in [3.05, 3.63) is 96.2 Å². The maximum Gasteiger partial charge on any atom is 0.124 e. The minimum atomic E-state index is -2.58. The van der Waals surface area contributed by atoms with E-state index in [1.807, 2.05) is 72.8 Å². The van der Waals surface area contributed by atoms with Crippen LogP contribution < -0.4 is 0 Å². The summed E-state index contributed by atoms with van der Waals surface area (Å²) in [4.78, 5) is 9.30. The first-order chi connectivity index (χ1) is 16.6. The Kier molecular flexibility index (Phi) is 3.08. The van der Waals surface area contributed by atoms with Crippen LogP contribution in [0.3, 0.4) is 0 Å². The molecule has 3 aromatic carbocycles. The van der Waals surface area contributed by atoms with E-state index in [1.54, 1.807) is 11.3 Å². The van der Waals surface area contributed by atoms with Gasteiger partial charge in [-0.1, -0.05) is 60.7 Å². The summed E-state index contributed by atoms with van der Waals surface area (Å²) in [7, 11) is 0. The minimum absolute atomic E-state index is 0.210. The van der Waals surface area contributed by atoms with Gasteiger partial charge in [0.15, 0.2) is 0 Å². The second kappa shape index (κ2) is 7.26. The third-order valence-corrected chi connectivity index (χ3v) is 5.85. The largest absolute Gasteiger partial charge is 0.256 e. The van der Waals surface area contributed by atoms with Crippen LogP contribution in [0.1, 0.15) is 19.4 Å². The molecule has 0 atom stereocenters. The molecule has 0 N–H and O–H groups in total. The third-order valence-electron chi connectivity index (χ3n) is 4.80. The summed E-state index contributed by atoms with van der Waals surface area (Å²) in [6.07, 6.45) is 1.17. The molecule has 0 fully saturated rings. The Balaban J connectivity index is 1.75. The van der Waals surface area contributed by atoms with Crippen molar-refractivity contribution in [1.29, 1.82) is 0 Å². The van der Waals surface area contributed by atoms with Crippen molar-refractivity contribution >= 4 is 21.6 Å². The molecule has 2 aromatic heterocycles. The normalized spacial score (nSPS) is 15.0. The number of nitrogens with zero attached hydrogens (tertiary/aromatic N) is 2. The molecule has 2 heterocycles. The van der Waals surface area contributed by atoms with Crippen LogP contribution in [-0.4, -0.2) is 9.97 Å². The van der Waals surface area contributed by atoms with E-state index in [1.165, 1.54) is 12.3 Å². The zero-order chi connectivity index (χ0) is 24.8. The predicted octanol–water partition coefficient (Wildman–Crippen LogP) is 7.31. The predicted molar refractivity (Wildman–Crippen MR) is 123 cm³/mol. The summed E-state index contributed by atoms with van der Waals surface area (Å²) < 4.78 is 47.9. The fraction of sp³-hybridized carbons (Fsp3) is 0.0769. The van der Waals surface area contributed by atoms with Crippen molar-refractivity contribution in [2.24, 2.45) is 0 Å². The Hall–Kier alpha value is -3.30. The number of thiazole rings is 1. The Morgan fingerprint density at radius 3 is 2.21 bits per heavy atom. The molecule has 0 aliphatic rings. The van der Waals surface area contributed by atoms with E-state index >= 15 is 0 Å². The van der Waals surface area contributed by atoms with E-state index in [0.717, 1.165) is 31.9 Å². The smallest absolute Gasteiger partial charge is 0.124 e. The van der Waals surface area contributed by atoms with Crippen LogP contribution in [0.25, 0.3) is 43.2 Å². The zero-order valence-electron chi connectivity index (χ0n) is 21.4.